The first-order chi connectivity index (χ1) is 8.22. The van der Waals surface area contributed by atoms with Crippen LogP contribution in [0.15, 0.2) is 6.07 Å². The molecular weight excluding hydrogens is 216 g/mol. The van der Waals surface area contributed by atoms with Gasteiger partial charge in [0.1, 0.15) is 17.5 Å². The van der Waals surface area contributed by atoms with E-state index >= 15 is 0 Å². The second kappa shape index (κ2) is 4.14. The maximum absolute atomic E-state index is 9.68. The topological polar surface area (TPSA) is 75.3 Å². The Bertz CT molecular complexity index is 419. The zero-order valence-electron chi connectivity index (χ0n) is 9.84. The lowest BCUT2D eigenvalue weighted by Crippen LogP contribution is -2.38. The van der Waals surface area contributed by atoms with Crippen LogP contribution in [0.3, 0.4) is 0 Å². The number of anilines is 2. The number of nitrogens with two attached hydrogens (primary N) is 1. The van der Waals surface area contributed by atoms with Crippen LogP contribution in [0.1, 0.15) is 37.4 Å². The van der Waals surface area contributed by atoms with Gasteiger partial charge in [0.25, 0.3) is 0 Å². The molecule has 1 saturated carbocycles. The summed E-state index contributed by atoms with van der Waals surface area (Å²) >= 11 is 0. The molecule has 0 radical (unpaired) electrons. The van der Waals surface area contributed by atoms with Crippen molar-refractivity contribution in [3.63, 3.8) is 0 Å². The normalized spacial score (nSPS) is 25.0. The van der Waals surface area contributed by atoms with Gasteiger partial charge in [-0.3, -0.25) is 0 Å². The van der Waals surface area contributed by atoms with Gasteiger partial charge in [-0.05, 0) is 25.7 Å². The molecule has 1 aliphatic heterocycles. The van der Waals surface area contributed by atoms with Gasteiger partial charge in [0, 0.05) is 25.1 Å². The standard InChI is InChI=1S/C12H18N4O/c13-10-6-11(15-12(14-10)8-3-4-8)16-5-1-2-9(17)7-16/h6,8-9,17H,1-5,7H2,(H2,13,14,15)/t9-/m1/s1. The van der Waals surface area contributed by atoms with Gasteiger partial charge >= 0.3 is 0 Å². The summed E-state index contributed by atoms with van der Waals surface area (Å²) in [5, 5.41) is 9.68. The molecule has 1 atom stereocenters. The first-order valence-corrected chi connectivity index (χ1v) is 6.30. The first-order valence-electron chi connectivity index (χ1n) is 6.30. The molecule has 2 aliphatic rings. The highest BCUT2D eigenvalue weighted by molar-refractivity contribution is 5.48. The van der Waals surface area contributed by atoms with Crippen molar-refractivity contribution in [1.29, 1.82) is 0 Å². The van der Waals surface area contributed by atoms with Gasteiger partial charge in [-0.15, -0.1) is 0 Å². The molecule has 92 valence electrons. The summed E-state index contributed by atoms with van der Waals surface area (Å²) in [6, 6.07) is 1.81. The molecule has 1 aromatic heterocycles. The Labute approximate surface area is 101 Å². The van der Waals surface area contributed by atoms with Crippen molar-refractivity contribution in [3.05, 3.63) is 11.9 Å². The SMILES string of the molecule is Nc1cc(N2CCC[C@@H](O)C2)nc(C2CC2)n1. The molecule has 0 unspecified atom stereocenters. The molecule has 0 aromatic carbocycles. The first kappa shape index (κ1) is 10.8. The molecule has 3 N–H and O–H groups in total. The highest BCUT2D eigenvalue weighted by Crippen LogP contribution is 2.39. The van der Waals surface area contributed by atoms with E-state index in [9.17, 15) is 5.11 Å². The molecule has 5 nitrogen and oxygen atoms in total. The Kier molecular flexibility index (Phi) is 2.63. The monoisotopic (exact) mass is 234 g/mol. The minimum absolute atomic E-state index is 0.246. The van der Waals surface area contributed by atoms with Crippen LogP contribution in [0.5, 0.6) is 0 Å². The second-order valence-electron chi connectivity index (χ2n) is 5.03. The smallest absolute Gasteiger partial charge is 0.136 e. The van der Waals surface area contributed by atoms with Gasteiger partial charge in [0.05, 0.1) is 6.10 Å². The predicted octanol–water partition coefficient (Wildman–Crippen LogP) is 0.897. The van der Waals surface area contributed by atoms with Crippen molar-refractivity contribution in [3.8, 4) is 0 Å². The maximum Gasteiger partial charge on any atom is 0.136 e. The fourth-order valence-electron chi connectivity index (χ4n) is 2.32. The summed E-state index contributed by atoms with van der Waals surface area (Å²) in [6.07, 6.45) is 3.98. The summed E-state index contributed by atoms with van der Waals surface area (Å²) in [5.41, 5.74) is 5.83. The number of nitrogens with zero attached hydrogens (tertiary/aromatic N) is 3. The predicted molar refractivity (Wildman–Crippen MR) is 65.9 cm³/mol. The van der Waals surface area contributed by atoms with Gasteiger partial charge in [-0.1, -0.05) is 0 Å². The molecule has 0 spiro atoms. The lowest BCUT2D eigenvalue weighted by molar-refractivity contribution is 0.154. The van der Waals surface area contributed by atoms with Crippen LogP contribution in [0.4, 0.5) is 11.6 Å². The van der Waals surface area contributed by atoms with Gasteiger partial charge in [-0.25, -0.2) is 9.97 Å². The largest absolute Gasteiger partial charge is 0.391 e. The highest BCUT2D eigenvalue weighted by atomic mass is 16.3. The molecule has 0 bridgehead atoms. The number of β-amino-alcohol motifs (C(OH)–C–C–N with tert-alkyl or cyclic N) is 1. The van der Waals surface area contributed by atoms with E-state index in [4.69, 9.17) is 5.73 Å². The van der Waals surface area contributed by atoms with E-state index in [1.54, 1.807) is 0 Å². The van der Waals surface area contributed by atoms with Crippen LogP contribution in [-0.4, -0.2) is 34.3 Å². The molecule has 2 heterocycles. The van der Waals surface area contributed by atoms with E-state index in [0.717, 1.165) is 31.0 Å². The second-order valence-corrected chi connectivity index (χ2v) is 5.03. The molecule has 3 rings (SSSR count). The van der Waals surface area contributed by atoms with Crippen molar-refractivity contribution < 1.29 is 5.11 Å². The molecule has 5 heteroatoms. The van der Waals surface area contributed by atoms with E-state index in [0.29, 0.717) is 18.3 Å². The zero-order chi connectivity index (χ0) is 11.8. The number of aliphatic hydroxyl groups is 1. The summed E-state index contributed by atoms with van der Waals surface area (Å²) in [5.74, 6) is 2.79. The van der Waals surface area contributed by atoms with Crippen LogP contribution >= 0.6 is 0 Å². The molecule has 1 aliphatic carbocycles. The number of hydrogen-bond acceptors (Lipinski definition) is 5. The summed E-state index contributed by atoms with van der Waals surface area (Å²) < 4.78 is 0. The van der Waals surface area contributed by atoms with E-state index in [-0.39, 0.29) is 6.10 Å². The third-order valence-corrected chi connectivity index (χ3v) is 3.41. The van der Waals surface area contributed by atoms with Crippen LogP contribution in [0.25, 0.3) is 0 Å². The lowest BCUT2D eigenvalue weighted by Gasteiger charge is -2.31. The molecular formula is C12H18N4O. The molecule has 1 saturated heterocycles. The van der Waals surface area contributed by atoms with Gasteiger partial charge in [0.2, 0.25) is 0 Å². The minimum Gasteiger partial charge on any atom is -0.391 e. The van der Waals surface area contributed by atoms with E-state index in [1.807, 2.05) is 6.07 Å². The summed E-state index contributed by atoms with van der Waals surface area (Å²) in [7, 11) is 0. The van der Waals surface area contributed by atoms with Gasteiger partial charge in [0.15, 0.2) is 0 Å². The van der Waals surface area contributed by atoms with E-state index in [2.05, 4.69) is 14.9 Å². The fraction of sp³-hybridized carbons (Fsp3) is 0.667. The zero-order valence-corrected chi connectivity index (χ0v) is 9.84. The van der Waals surface area contributed by atoms with Gasteiger partial charge in [-0.2, -0.15) is 0 Å². The van der Waals surface area contributed by atoms with Crippen LogP contribution in [-0.2, 0) is 0 Å². The quantitative estimate of drug-likeness (QED) is 0.795. The number of piperidine rings is 1. The number of hydrogen-bond donors (Lipinski definition) is 2. The number of rotatable bonds is 2. The van der Waals surface area contributed by atoms with Crippen molar-refractivity contribution in [2.75, 3.05) is 23.7 Å². The van der Waals surface area contributed by atoms with E-state index in [1.165, 1.54) is 12.8 Å². The Morgan fingerprint density at radius 2 is 2.12 bits per heavy atom. The Morgan fingerprint density at radius 1 is 1.29 bits per heavy atom. The molecule has 0 amide bonds. The maximum atomic E-state index is 9.68. The molecule has 2 fully saturated rings. The Morgan fingerprint density at radius 3 is 2.82 bits per heavy atom. The van der Waals surface area contributed by atoms with Crippen molar-refractivity contribution in [2.24, 2.45) is 0 Å². The Balaban J connectivity index is 1.85. The fourth-order valence-corrected chi connectivity index (χ4v) is 2.32. The van der Waals surface area contributed by atoms with Gasteiger partial charge < -0.3 is 15.7 Å². The average molecular weight is 234 g/mol. The van der Waals surface area contributed by atoms with Crippen molar-refractivity contribution >= 4 is 11.6 Å². The molecule has 1 aromatic rings. The lowest BCUT2D eigenvalue weighted by atomic mass is 10.1. The number of nitrogen functional groups attached to an aromatic ring is 1. The summed E-state index contributed by atoms with van der Waals surface area (Å²) in [6.45, 7) is 1.60. The Hall–Kier alpha value is -1.36. The number of aromatic nitrogens is 2. The highest BCUT2D eigenvalue weighted by Gasteiger charge is 2.28. The third kappa shape index (κ3) is 2.34. The van der Waals surface area contributed by atoms with Crippen molar-refractivity contribution in [2.45, 2.75) is 37.7 Å². The van der Waals surface area contributed by atoms with Crippen LogP contribution in [0.2, 0.25) is 0 Å². The summed E-state index contributed by atoms with van der Waals surface area (Å²) in [4.78, 5) is 11.0. The van der Waals surface area contributed by atoms with Crippen LogP contribution < -0.4 is 10.6 Å². The minimum atomic E-state index is -0.246. The van der Waals surface area contributed by atoms with Crippen molar-refractivity contribution in [1.82, 2.24) is 9.97 Å². The average Bonchev–Trinajstić information content (AvgIpc) is 3.12. The van der Waals surface area contributed by atoms with Crippen LogP contribution in [0, 0.1) is 0 Å². The van der Waals surface area contributed by atoms with E-state index < -0.39 is 0 Å². The third-order valence-electron chi connectivity index (χ3n) is 3.41. The molecule has 17 heavy (non-hydrogen) atoms. The number of aliphatic hydroxyl groups excluding tert-OH is 1.